The number of ether oxygens (including phenoxy) is 2. The number of hydrogen-bond donors (Lipinski definition) is 1. The van der Waals surface area contributed by atoms with E-state index >= 15 is 0 Å². The number of aliphatic hydroxyl groups excluding tert-OH is 1. The van der Waals surface area contributed by atoms with Crippen LogP contribution in [0.3, 0.4) is 0 Å². The van der Waals surface area contributed by atoms with Crippen LogP contribution in [0, 0.1) is 12.8 Å². The van der Waals surface area contributed by atoms with Crippen LogP contribution in [0.4, 0.5) is 0 Å². The fourth-order valence-electron chi connectivity index (χ4n) is 3.02. The summed E-state index contributed by atoms with van der Waals surface area (Å²) >= 11 is 0. The molecule has 1 unspecified atom stereocenters. The molecule has 4 atom stereocenters. The Kier molecular flexibility index (Phi) is 2.78. The van der Waals surface area contributed by atoms with E-state index in [9.17, 15) is 9.90 Å². The van der Waals surface area contributed by atoms with Gasteiger partial charge in [0.25, 0.3) is 0 Å². The number of carbonyl (C=O) groups is 1. The van der Waals surface area contributed by atoms with E-state index in [4.69, 9.17) is 9.47 Å². The standard InChI is InChI=1S/C15H18O4/c1-4-18-15(17)12-11-10-9(8(3)16)6-5-7(2)13(10)19-14(11)12/h5-6,8,11-12,14,16H,4H2,1-3H3/t8-,11?,12+,14+/m1/s1. The van der Waals surface area contributed by atoms with E-state index in [1.54, 1.807) is 13.8 Å². The summed E-state index contributed by atoms with van der Waals surface area (Å²) in [6.07, 6.45) is -0.659. The highest BCUT2D eigenvalue weighted by molar-refractivity contribution is 5.81. The zero-order valence-electron chi connectivity index (χ0n) is 11.3. The lowest BCUT2D eigenvalue weighted by atomic mass is 9.95. The monoisotopic (exact) mass is 262 g/mol. The SMILES string of the molecule is CCOC(=O)[C@H]1C2c3c([C@@H](C)O)ccc(C)c3O[C@@H]21. The van der Waals surface area contributed by atoms with E-state index in [1.807, 2.05) is 19.1 Å². The highest BCUT2D eigenvalue weighted by Crippen LogP contribution is 2.61. The Labute approximate surface area is 112 Å². The van der Waals surface area contributed by atoms with Crippen molar-refractivity contribution in [3.8, 4) is 5.75 Å². The molecule has 1 aliphatic carbocycles. The Morgan fingerprint density at radius 1 is 1.53 bits per heavy atom. The summed E-state index contributed by atoms with van der Waals surface area (Å²) in [6, 6.07) is 3.87. The molecule has 2 aliphatic rings. The van der Waals surface area contributed by atoms with E-state index < -0.39 is 6.10 Å². The summed E-state index contributed by atoms with van der Waals surface area (Å²) in [4.78, 5) is 11.8. The zero-order valence-corrected chi connectivity index (χ0v) is 11.3. The van der Waals surface area contributed by atoms with Crippen molar-refractivity contribution in [2.24, 2.45) is 5.92 Å². The Morgan fingerprint density at radius 3 is 2.89 bits per heavy atom. The minimum Gasteiger partial charge on any atom is -0.488 e. The Hall–Kier alpha value is -1.55. The molecule has 1 aromatic rings. The second-order valence-electron chi connectivity index (χ2n) is 5.28. The predicted octanol–water partition coefficient (Wildman–Crippen LogP) is 2.09. The van der Waals surface area contributed by atoms with Crippen LogP contribution in [0.1, 0.15) is 42.6 Å². The lowest BCUT2D eigenvalue weighted by Crippen LogP contribution is -2.14. The van der Waals surface area contributed by atoms with E-state index in [0.29, 0.717) is 6.61 Å². The number of carbonyl (C=O) groups excluding carboxylic acids is 1. The van der Waals surface area contributed by atoms with Crippen LogP contribution in [0.25, 0.3) is 0 Å². The average Bonchev–Trinajstić information content (AvgIpc) is 2.93. The largest absolute Gasteiger partial charge is 0.488 e. The van der Waals surface area contributed by atoms with Gasteiger partial charge in [-0.1, -0.05) is 12.1 Å². The van der Waals surface area contributed by atoms with Crippen molar-refractivity contribution in [3.05, 3.63) is 28.8 Å². The molecule has 1 saturated carbocycles. The summed E-state index contributed by atoms with van der Waals surface area (Å²) in [6.45, 7) is 5.91. The third-order valence-corrected chi connectivity index (χ3v) is 3.98. The average molecular weight is 262 g/mol. The minimum atomic E-state index is -0.555. The molecule has 0 aromatic heterocycles. The maximum atomic E-state index is 11.8. The van der Waals surface area contributed by atoms with Crippen LogP contribution in [0.15, 0.2) is 12.1 Å². The van der Waals surface area contributed by atoms with Crippen LogP contribution in [0.5, 0.6) is 5.75 Å². The van der Waals surface area contributed by atoms with Crippen molar-refractivity contribution in [3.63, 3.8) is 0 Å². The third-order valence-electron chi connectivity index (χ3n) is 3.98. The molecule has 0 bridgehead atoms. The zero-order chi connectivity index (χ0) is 13.7. The topological polar surface area (TPSA) is 55.8 Å². The Bertz CT molecular complexity index is 535. The first-order valence-corrected chi connectivity index (χ1v) is 6.71. The maximum absolute atomic E-state index is 11.8. The van der Waals surface area contributed by atoms with Crippen molar-refractivity contribution < 1.29 is 19.4 Å². The summed E-state index contributed by atoms with van der Waals surface area (Å²) in [5.74, 6) is 0.500. The summed E-state index contributed by atoms with van der Waals surface area (Å²) in [7, 11) is 0. The highest BCUT2D eigenvalue weighted by Gasteiger charge is 2.64. The Balaban J connectivity index is 1.96. The predicted molar refractivity (Wildman–Crippen MR) is 69.1 cm³/mol. The van der Waals surface area contributed by atoms with Gasteiger partial charge in [-0.2, -0.15) is 0 Å². The molecule has 1 N–H and O–H groups in total. The lowest BCUT2D eigenvalue weighted by molar-refractivity contribution is -0.145. The fourth-order valence-corrected chi connectivity index (χ4v) is 3.02. The molecule has 0 amide bonds. The summed E-state index contributed by atoms with van der Waals surface area (Å²) in [5, 5.41) is 9.87. The number of aliphatic hydroxyl groups is 1. The van der Waals surface area contributed by atoms with Crippen LogP contribution in [0.2, 0.25) is 0 Å². The summed E-state index contributed by atoms with van der Waals surface area (Å²) < 4.78 is 10.9. The van der Waals surface area contributed by atoms with Crippen molar-refractivity contribution in [1.82, 2.24) is 0 Å². The maximum Gasteiger partial charge on any atom is 0.313 e. The van der Waals surface area contributed by atoms with Gasteiger partial charge in [0.05, 0.1) is 12.7 Å². The molecule has 3 rings (SSSR count). The normalized spacial score (nSPS) is 28.1. The third kappa shape index (κ3) is 1.74. The van der Waals surface area contributed by atoms with Crippen molar-refractivity contribution in [2.45, 2.75) is 38.9 Å². The van der Waals surface area contributed by atoms with Gasteiger partial charge in [0.15, 0.2) is 0 Å². The minimum absolute atomic E-state index is 0.0542. The molecular formula is C15H18O4. The number of fused-ring (bicyclic) bond motifs is 3. The van der Waals surface area contributed by atoms with Gasteiger partial charge in [0.2, 0.25) is 0 Å². The second kappa shape index (κ2) is 4.23. The van der Waals surface area contributed by atoms with Gasteiger partial charge in [-0.3, -0.25) is 4.79 Å². The number of esters is 1. The lowest BCUT2D eigenvalue weighted by Gasteiger charge is -2.16. The number of benzene rings is 1. The molecule has 1 heterocycles. The van der Waals surface area contributed by atoms with Crippen LogP contribution >= 0.6 is 0 Å². The molecule has 4 nitrogen and oxygen atoms in total. The molecule has 19 heavy (non-hydrogen) atoms. The quantitative estimate of drug-likeness (QED) is 0.847. The van der Waals surface area contributed by atoms with Gasteiger partial charge in [0.1, 0.15) is 17.8 Å². The first-order chi connectivity index (χ1) is 9.06. The van der Waals surface area contributed by atoms with Crippen LogP contribution in [-0.2, 0) is 9.53 Å². The summed E-state index contributed by atoms with van der Waals surface area (Å²) in [5.41, 5.74) is 2.91. The smallest absolute Gasteiger partial charge is 0.313 e. The molecule has 0 spiro atoms. The van der Waals surface area contributed by atoms with Crippen molar-refractivity contribution >= 4 is 5.97 Å². The molecular weight excluding hydrogens is 244 g/mol. The fraction of sp³-hybridized carbons (Fsp3) is 0.533. The highest BCUT2D eigenvalue weighted by atomic mass is 16.5. The first-order valence-electron chi connectivity index (χ1n) is 6.71. The number of rotatable bonds is 3. The molecule has 4 heteroatoms. The van der Waals surface area contributed by atoms with Gasteiger partial charge in [-0.15, -0.1) is 0 Å². The van der Waals surface area contributed by atoms with Crippen LogP contribution in [-0.4, -0.2) is 23.8 Å². The number of hydrogen-bond acceptors (Lipinski definition) is 4. The van der Waals surface area contributed by atoms with E-state index in [1.165, 1.54) is 0 Å². The number of aryl methyl sites for hydroxylation is 1. The van der Waals surface area contributed by atoms with Gasteiger partial charge < -0.3 is 14.6 Å². The molecule has 0 radical (unpaired) electrons. The second-order valence-corrected chi connectivity index (χ2v) is 5.28. The molecule has 0 saturated heterocycles. The van der Waals surface area contributed by atoms with E-state index in [-0.39, 0.29) is 23.9 Å². The Morgan fingerprint density at radius 2 is 2.26 bits per heavy atom. The van der Waals surface area contributed by atoms with Crippen molar-refractivity contribution in [1.29, 1.82) is 0 Å². The molecule has 1 aliphatic heterocycles. The molecule has 102 valence electrons. The van der Waals surface area contributed by atoms with Crippen molar-refractivity contribution in [2.75, 3.05) is 6.61 Å². The molecule has 1 fully saturated rings. The van der Waals surface area contributed by atoms with Gasteiger partial charge in [0, 0.05) is 11.5 Å². The van der Waals surface area contributed by atoms with Gasteiger partial charge >= 0.3 is 5.97 Å². The first kappa shape index (κ1) is 12.5. The van der Waals surface area contributed by atoms with E-state index in [0.717, 1.165) is 22.4 Å². The van der Waals surface area contributed by atoms with E-state index in [2.05, 4.69) is 0 Å². The van der Waals surface area contributed by atoms with Gasteiger partial charge in [-0.25, -0.2) is 0 Å². The van der Waals surface area contributed by atoms with Crippen LogP contribution < -0.4 is 4.74 Å². The van der Waals surface area contributed by atoms with Gasteiger partial charge in [-0.05, 0) is 31.9 Å². The molecule has 1 aromatic carbocycles.